The number of carbonyl (C=O) groups is 1. The van der Waals surface area contributed by atoms with E-state index in [1.807, 2.05) is 13.1 Å². The van der Waals surface area contributed by atoms with E-state index < -0.39 is 5.97 Å². The van der Waals surface area contributed by atoms with Crippen LogP contribution in [0.4, 0.5) is 11.4 Å². The summed E-state index contributed by atoms with van der Waals surface area (Å²) in [7, 11) is 3.33. The summed E-state index contributed by atoms with van der Waals surface area (Å²) in [5, 5.41) is 9.57. The summed E-state index contributed by atoms with van der Waals surface area (Å²) in [6.45, 7) is 0. The van der Waals surface area contributed by atoms with Crippen LogP contribution < -0.4 is 4.90 Å². The van der Waals surface area contributed by atoms with Crippen LogP contribution in [0.2, 0.25) is 0 Å². The number of hydrogen-bond donors (Lipinski definition) is 0. The zero-order chi connectivity index (χ0) is 18.3. The second-order valence-electron chi connectivity index (χ2n) is 7.30. The van der Waals surface area contributed by atoms with Gasteiger partial charge >= 0.3 is 5.97 Å². The van der Waals surface area contributed by atoms with Crippen molar-refractivity contribution in [3.05, 3.63) is 58.7 Å². The lowest BCUT2D eigenvalue weighted by Crippen LogP contribution is -2.13. The Labute approximate surface area is 154 Å². The fourth-order valence-electron chi connectivity index (χ4n) is 3.46. The lowest BCUT2D eigenvalue weighted by atomic mass is 10.0. The van der Waals surface area contributed by atoms with Gasteiger partial charge in [-0.25, -0.2) is 4.79 Å². The van der Waals surface area contributed by atoms with E-state index in [0.29, 0.717) is 23.0 Å². The average molecular weight is 346 g/mol. The van der Waals surface area contributed by atoms with Gasteiger partial charge in [0.1, 0.15) is 6.07 Å². The predicted octanol–water partition coefficient (Wildman–Crippen LogP) is 4.87. The molecule has 2 aliphatic rings. The van der Waals surface area contributed by atoms with Gasteiger partial charge in [-0.3, -0.25) is 0 Å². The molecule has 0 unspecified atom stereocenters. The third-order valence-electron chi connectivity index (χ3n) is 5.35. The van der Waals surface area contributed by atoms with Crippen LogP contribution in [0.25, 0.3) is 0 Å². The molecule has 0 spiro atoms. The number of nitrogens with zero attached hydrogens (tertiary/aromatic N) is 2. The molecule has 0 atom stereocenters. The lowest BCUT2D eigenvalue weighted by molar-refractivity contribution is 0.0600. The molecule has 0 saturated heterocycles. The van der Waals surface area contributed by atoms with Gasteiger partial charge in [0.25, 0.3) is 0 Å². The van der Waals surface area contributed by atoms with Crippen LogP contribution in [0, 0.1) is 11.3 Å². The maximum atomic E-state index is 11.7. The number of rotatable bonds is 5. The quantitative estimate of drug-likeness (QED) is 0.725. The minimum absolute atomic E-state index is 0.395. The molecule has 2 saturated carbocycles. The van der Waals surface area contributed by atoms with Crippen molar-refractivity contribution in [3.63, 3.8) is 0 Å². The standard InChI is InChI=1S/C22H22N2O2/c1-24(21-8-7-16(22(25)26-2)9-19(21)13-23)20-11-17(14-3-4-14)10-18(12-20)15-5-6-15/h7-12,14-15H,3-6H2,1-2H3. The first-order valence-corrected chi connectivity index (χ1v) is 9.11. The second kappa shape index (κ2) is 6.49. The van der Waals surface area contributed by atoms with Crippen molar-refractivity contribution in [1.82, 2.24) is 0 Å². The highest BCUT2D eigenvalue weighted by Crippen LogP contribution is 2.47. The van der Waals surface area contributed by atoms with Gasteiger partial charge in [0, 0.05) is 12.7 Å². The first-order valence-electron chi connectivity index (χ1n) is 9.11. The number of nitriles is 1. The van der Waals surface area contributed by atoms with Crippen molar-refractivity contribution in [1.29, 1.82) is 5.26 Å². The van der Waals surface area contributed by atoms with Crippen LogP contribution >= 0.6 is 0 Å². The smallest absolute Gasteiger partial charge is 0.337 e. The third kappa shape index (κ3) is 3.17. The van der Waals surface area contributed by atoms with Crippen LogP contribution in [0.3, 0.4) is 0 Å². The molecular weight excluding hydrogens is 324 g/mol. The molecule has 26 heavy (non-hydrogen) atoms. The SMILES string of the molecule is COC(=O)c1ccc(N(C)c2cc(C3CC3)cc(C3CC3)c2)c(C#N)c1. The van der Waals surface area contributed by atoms with E-state index in [9.17, 15) is 10.1 Å². The molecule has 0 heterocycles. The minimum atomic E-state index is -0.428. The summed E-state index contributed by atoms with van der Waals surface area (Å²) in [5.74, 6) is 0.957. The number of hydrogen-bond acceptors (Lipinski definition) is 4. The van der Waals surface area contributed by atoms with Gasteiger partial charge in [0.05, 0.1) is 23.9 Å². The summed E-state index contributed by atoms with van der Waals surface area (Å²) >= 11 is 0. The van der Waals surface area contributed by atoms with Gasteiger partial charge in [-0.15, -0.1) is 0 Å². The topological polar surface area (TPSA) is 53.3 Å². The molecule has 4 rings (SSSR count). The minimum Gasteiger partial charge on any atom is -0.465 e. The predicted molar refractivity (Wildman–Crippen MR) is 101 cm³/mol. The molecule has 0 N–H and O–H groups in total. The highest BCUT2D eigenvalue weighted by Gasteiger charge is 2.29. The Morgan fingerprint density at radius 1 is 1.08 bits per heavy atom. The molecule has 2 aromatic carbocycles. The van der Waals surface area contributed by atoms with Crippen molar-refractivity contribution in [2.24, 2.45) is 0 Å². The molecule has 4 heteroatoms. The van der Waals surface area contributed by atoms with Gasteiger partial charge in [-0.2, -0.15) is 5.26 Å². The first-order chi connectivity index (χ1) is 12.6. The van der Waals surface area contributed by atoms with Crippen LogP contribution in [0.1, 0.15) is 64.6 Å². The normalized spacial score (nSPS) is 16.0. The summed E-state index contributed by atoms with van der Waals surface area (Å²) in [4.78, 5) is 13.8. The van der Waals surface area contributed by atoms with E-state index in [-0.39, 0.29) is 0 Å². The van der Waals surface area contributed by atoms with Crippen molar-refractivity contribution < 1.29 is 9.53 Å². The summed E-state index contributed by atoms with van der Waals surface area (Å²) in [6, 6.07) is 14.2. The van der Waals surface area contributed by atoms with Crippen LogP contribution in [-0.4, -0.2) is 20.1 Å². The number of methoxy groups -OCH3 is 1. The van der Waals surface area contributed by atoms with Gasteiger partial charge in [-0.05, 0) is 79.0 Å². The molecular formula is C22H22N2O2. The second-order valence-corrected chi connectivity index (χ2v) is 7.30. The summed E-state index contributed by atoms with van der Waals surface area (Å²) < 4.78 is 4.76. The van der Waals surface area contributed by atoms with Crippen LogP contribution in [-0.2, 0) is 4.74 Å². The highest BCUT2D eigenvalue weighted by atomic mass is 16.5. The van der Waals surface area contributed by atoms with Gasteiger partial charge in [-0.1, -0.05) is 6.07 Å². The van der Waals surface area contributed by atoms with Gasteiger partial charge in [0.2, 0.25) is 0 Å². The highest BCUT2D eigenvalue weighted by molar-refractivity contribution is 5.91. The third-order valence-corrected chi connectivity index (χ3v) is 5.35. The van der Waals surface area contributed by atoms with Crippen molar-refractivity contribution >= 4 is 17.3 Å². The first kappa shape index (κ1) is 16.7. The number of benzene rings is 2. The largest absolute Gasteiger partial charge is 0.465 e. The van der Waals surface area contributed by atoms with E-state index in [0.717, 1.165) is 11.4 Å². The molecule has 4 nitrogen and oxygen atoms in total. The maximum absolute atomic E-state index is 11.7. The van der Waals surface area contributed by atoms with E-state index in [4.69, 9.17) is 4.74 Å². The number of carbonyl (C=O) groups excluding carboxylic acids is 1. The van der Waals surface area contributed by atoms with Gasteiger partial charge in [0.15, 0.2) is 0 Å². The number of anilines is 2. The fourth-order valence-corrected chi connectivity index (χ4v) is 3.46. The number of esters is 1. The van der Waals surface area contributed by atoms with Crippen molar-refractivity contribution in [2.45, 2.75) is 37.5 Å². The molecule has 2 aliphatic carbocycles. The molecule has 132 valence electrons. The molecule has 0 radical (unpaired) electrons. The maximum Gasteiger partial charge on any atom is 0.337 e. The van der Waals surface area contributed by atoms with E-state index in [1.165, 1.54) is 43.9 Å². The lowest BCUT2D eigenvalue weighted by Gasteiger charge is -2.23. The number of ether oxygens (including phenoxy) is 1. The van der Waals surface area contributed by atoms with Crippen molar-refractivity contribution in [2.75, 3.05) is 19.1 Å². The Hall–Kier alpha value is -2.80. The Morgan fingerprint density at radius 2 is 1.69 bits per heavy atom. The average Bonchev–Trinajstić information content (AvgIpc) is 3.58. The Morgan fingerprint density at radius 3 is 2.19 bits per heavy atom. The summed E-state index contributed by atoms with van der Waals surface area (Å²) in [5.41, 5.74) is 5.61. The Kier molecular flexibility index (Phi) is 4.16. The molecule has 2 aromatic rings. The zero-order valence-electron chi connectivity index (χ0n) is 15.2. The van der Waals surface area contributed by atoms with E-state index in [1.54, 1.807) is 12.1 Å². The van der Waals surface area contributed by atoms with E-state index >= 15 is 0 Å². The zero-order valence-corrected chi connectivity index (χ0v) is 15.2. The molecule has 0 aliphatic heterocycles. The summed E-state index contributed by atoms with van der Waals surface area (Å²) in [6.07, 6.45) is 5.09. The monoisotopic (exact) mass is 346 g/mol. The van der Waals surface area contributed by atoms with Crippen molar-refractivity contribution in [3.8, 4) is 6.07 Å². The molecule has 0 amide bonds. The van der Waals surface area contributed by atoms with Crippen LogP contribution in [0.15, 0.2) is 36.4 Å². The Bertz CT molecular complexity index is 875. The Balaban J connectivity index is 1.72. The van der Waals surface area contributed by atoms with E-state index in [2.05, 4.69) is 29.2 Å². The molecule has 2 fully saturated rings. The van der Waals surface area contributed by atoms with Crippen LogP contribution in [0.5, 0.6) is 0 Å². The molecule has 0 aromatic heterocycles. The fraction of sp³-hybridized carbons (Fsp3) is 0.364. The molecule has 0 bridgehead atoms. The van der Waals surface area contributed by atoms with Gasteiger partial charge < -0.3 is 9.64 Å².